The molecular formula is C17H18ClN7O6. The smallest absolute Gasteiger partial charge is 0.280 e. The summed E-state index contributed by atoms with van der Waals surface area (Å²) in [5.74, 6) is -0.353. The molecule has 0 saturated carbocycles. The molecule has 1 aliphatic heterocycles. The summed E-state index contributed by atoms with van der Waals surface area (Å²) in [5, 5.41) is 44.2. The zero-order chi connectivity index (χ0) is 22.3. The van der Waals surface area contributed by atoms with Crippen molar-refractivity contribution in [3.05, 3.63) is 39.1 Å². The van der Waals surface area contributed by atoms with Gasteiger partial charge in [-0.25, -0.2) is 10.4 Å². The monoisotopic (exact) mass is 451 g/mol. The van der Waals surface area contributed by atoms with E-state index in [1.807, 2.05) is 0 Å². The van der Waals surface area contributed by atoms with Crippen LogP contribution >= 0.6 is 11.6 Å². The number of halogens is 1. The summed E-state index contributed by atoms with van der Waals surface area (Å²) in [6.45, 7) is -0.549. The number of aromatic hydroxyl groups is 1. The summed E-state index contributed by atoms with van der Waals surface area (Å²) in [4.78, 5) is 22.7. The fourth-order valence-corrected chi connectivity index (χ4v) is 3.38. The molecule has 3 aromatic rings. The predicted molar refractivity (Wildman–Crippen MR) is 110 cm³/mol. The first-order chi connectivity index (χ1) is 14.8. The number of phenols is 1. The number of nitrogens with one attached hydrogen (secondary N) is 2. The molecule has 4 rings (SSSR count). The van der Waals surface area contributed by atoms with Crippen molar-refractivity contribution in [3.63, 3.8) is 0 Å². The van der Waals surface area contributed by atoms with Gasteiger partial charge in [-0.05, 0) is 18.2 Å². The van der Waals surface area contributed by atoms with Crippen molar-refractivity contribution in [2.45, 2.75) is 24.5 Å². The molecule has 0 spiro atoms. The third kappa shape index (κ3) is 3.80. The molecule has 31 heavy (non-hydrogen) atoms. The van der Waals surface area contributed by atoms with Crippen LogP contribution < -0.4 is 16.7 Å². The van der Waals surface area contributed by atoms with E-state index in [9.17, 15) is 25.2 Å². The Bertz CT molecular complexity index is 1210. The van der Waals surface area contributed by atoms with Gasteiger partial charge in [0.1, 0.15) is 24.1 Å². The summed E-state index contributed by atoms with van der Waals surface area (Å²) in [6, 6.07) is 4.37. The average Bonchev–Trinajstić information content (AvgIpc) is 3.22. The van der Waals surface area contributed by atoms with Gasteiger partial charge in [-0.2, -0.15) is 10.1 Å². The van der Waals surface area contributed by atoms with Gasteiger partial charge < -0.3 is 30.9 Å². The Morgan fingerprint density at radius 1 is 1.35 bits per heavy atom. The highest BCUT2D eigenvalue weighted by Gasteiger charge is 2.45. The van der Waals surface area contributed by atoms with Crippen LogP contribution in [0.3, 0.4) is 0 Å². The minimum Gasteiger partial charge on any atom is -0.507 e. The van der Waals surface area contributed by atoms with Crippen LogP contribution in [0.4, 0.5) is 11.9 Å². The lowest BCUT2D eigenvalue weighted by Crippen LogP contribution is -2.33. The lowest BCUT2D eigenvalue weighted by molar-refractivity contribution is -0.0501. The summed E-state index contributed by atoms with van der Waals surface area (Å²) in [7, 11) is 0. The van der Waals surface area contributed by atoms with E-state index in [4.69, 9.17) is 22.1 Å². The van der Waals surface area contributed by atoms with E-state index in [1.165, 1.54) is 29.0 Å². The second-order valence-corrected chi connectivity index (χ2v) is 7.17. The molecule has 164 valence electrons. The molecule has 0 unspecified atom stereocenters. The number of rotatable bonds is 5. The van der Waals surface area contributed by atoms with Crippen molar-refractivity contribution in [2.75, 3.05) is 17.8 Å². The van der Waals surface area contributed by atoms with Crippen molar-refractivity contribution in [1.29, 1.82) is 0 Å². The number of fused-ring (bicyclic) bond motifs is 1. The quantitative estimate of drug-likeness (QED) is 0.188. The number of ether oxygens (including phenoxy) is 1. The molecule has 13 nitrogen and oxygen atoms in total. The summed E-state index contributed by atoms with van der Waals surface area (Å²) < 4.78 is 6.73. The van der Waals surface area contributed by atoms with Gasteiger partial charge in [0, 0.05) is 10.6 Å². The van der Waals surface area contributed by atoms with E-state index >= 15 is 0 Å². The Hall–Kier alpha value is -3.23. The Morgan fingerprint density at radius 3 is 2.84 bits per heavy atom. The van der Waals surface area contributed by atoms with Crippen molar-refractivity contribution < 1.29 is 25.2 Å². The van der Waals surface area contributed by atoms with Gasteiger partial charge in [-0.15, -0.1) is 0 Å². The van der Waals surface area contributed by atoms with Gasteiger partial charge in [0.2, 0.25) is 11.9 Å². The number of hydrazone groups is 1. The first kappa shape index (κ1) is 21.0. The lowest BCUT2D eigenvalue weighted by Gasteiger charge is -2.18. The molecular weight excluding hydrogens is 434 g/mol. The van der Waals surface area contributed by atoms with Crippen molar-refractivity contribution in [3.8, 4) is 5.75 Å². The van der Waals surface area contributed by atoms with Gasteiger partial charge in [0.25, 0.3) is 5.56 Å². The molecule has 1 saturated heterocycles. The third-order valence-corrected chi connectivity index (χ3v) is 4.93. The largest absolute Gasteiger partial charge is 0.507 e. The zero-order valence-electron chi connectivity index (χ0n) is 15.7. The Balaban J connectivity index is 1.77. The summed E-state index contributed by atoms with van der Waals surface area (Å²) in [6.07, 6.45) is -3.95. The number of imidazole rings is 1. The lowest BCUT2D eigenvalue weighted by atomic mass is 10.1. The second kappa shape index (κ2) is 8.13. The van der Waals surface area contributed by atoms with Gasteiger partial charge in [0.15, 0.2) is 17.4 Å². The fraction of sp³-hybridized carbons (Fsp3) is 0.294. The molecule has 14 heteroatoms. The highest BCUT2D eigenvalue weighted by Crippen LogP contribution is 2.34. The molecule has 3 heterocycles. The number of phenolic OH excluding ortho intramolecular Hbond substituents is 1. The number of aliphatic hydroxyl groups excluding tert-OH is 3. The highest BCUT2D eigenvalue weighted by atomic mass is 35.5. The maximum Gasteiger partial charge on any atom is 0.280 e. The molecule has 2 aromatic heterocycles. The molecule has 0 aliphatic carbocycles. The maximum absolute atomic E-state index is 12.3. The summed E-state index contributed by atoms with van der Waals surface area (Å²) >= 11 is 5.91. The minimum absolute atomic E-state index is 0.0422. The van der Waals surface area contributed by atoms with Crippen molar-refractivity contribution >= 4 is 40.9 Å². The molecule has 1 aliphatic rings. The van der Waals surface area contributed by atoms with Crippen LogP contribution in [0.1, 0.15) is 11.8 Å². The normalized spacial score (nSPS) is 23.7. The van der Waals surface area contributed by atoms with Crippen LogP contribution in [0.25, 0.3) is 11.2 Å². The number of aliphatic hydroxyl groups is 3. The van der Waals surface area contributed by atoms with Crippen molar-refractivity contribution in [1.82, 2.24) is 19.5 Å². The van der Waals surface area contributed by atoms with E-state index in [0.29, 0.717) is 10.6 Å². The average molecular weight is 452 g/mol. The molecule has 1 fully saturated rings. The molecule has 8 N–H and O–H groups in total. The fourth-order valence-electron chi connectivity index (χ4n) is 3.20. The number of hydrogen-bond donors (Lipinski definition) is 7. The number of hydrogen-bond acceptors (Lipinski definition) is 11. The first-order valence-electron chi connectivity index (χ1n) is 8.98. The van der Waals surface area contributed by atoms with Crippen LogP contribution in [-0.2, 0) is 4.74 Å². The van der Waals surface area contributed by atoms with E-state index < -0.39 is 36.7 Å². The third-order valence-electron chi connectivity index (χ3n) is 4.70. The number of anilines is 2. The Kier molecular flexibility index (Phi) is 5.51. The maximum atomic E-state index is 12.3. The van der Waals surface area contributed by atoms with Crippen LogP contribution in [0, 0.1) is 0 Å². The molecule has 1 aromatic carbocycles. The van der Waals surface area contributed by atoms with Crippen molar-refractivity contribution in [2.24, 2.45) is 5.10 Å². The molecule has 4 atom stereocenters. The van der Waals surface area contributed by atoms with E-state index in [-0.39, 0.29) is 28.8 Å². The second-order valence-electron chi connectivity index (χ2n) is 6.73. The molecule has 0 amide bonds. The first-order valence-corrected chi connectivity index (χ1v) is 9.35. The van der Waals surface area contributed by atoms with Crippen LogP contribution in [0.2, 0.25) is 5.02 Å². The number of nitrogens with two attached hydrogens (primary N) is 1. The number of H-pyrrole nitrogens is 1. The number of aromatic amines is 1. The topological polar surface area (TPSA) is 204 Å². The SMILES string of the molecule is Nc1nc2c(nc(N/N=C\c3cc(Cl)ccc3O)n2[C@@H]2O[C@@H](CO)[C@@H](O)[C@H]2O)c(=O)[nH]1. The highest BCUT2D eigenvalue weighted by molar-refractivity contribution is 6.30. The molecule has 0 radical (unpaired) electrons. The van der Waals surface area contributed by atoms with Gasteiger partial charge in [-0.3, -0.25) is 14.3 Å². The standard InChI is InChI=1S/C17H18ClN7O6/c18-7-1-2-8(27)6(3-7)4-20-24-17-21-10-13(22-16(19)23-14(10)30)25(17)15-12(29)11(28)9(5-26)31-15/h1-4,9,11-12,15,26-29H,5H2,(H,21,24)(H3,19,22,23,30)/b20-4-/t9-,11+,12+,15+/m0/s1. The van der Waals surface area contributed by atoms with E-state index in [1.54, 1.807) is 0 Å². The zero-order valence-corrected chi connectivity index (χ0v) is 16.4. The predicted octanol–water partition coefficient (Wildman–Crippen LogP) is -0.882. The minimum atomic E-state index is -1.47. The number of aromatic nitrogens is 4. The molecule has 0 bridgehead atoms. The van der Waals surface area contributed by atoms with E-state index in [0.717, 1.165) is 0 Å². The Labute approximate surface area is 178 Å². The number of nitrogen functional groups attached to an aromatic ring is 1. The van der Waals surface area contributed by atoms with Crippen LogP contribution in [0.15, 0.2) is 28.1 Å². The van der Waals surface area contributed by atoms with Gasteiger partial charge >= 0.3 is 0 Å². The van der Waals surface area contributed by atoms with Crippen LogP contribution in [-0.4, -0.2) is 71.1 Å². The Morgan fingerprint density at radius 2 is 2.13 bits per heavy atom. The van der Waals surface area contributed by atoms with Gasteiger partial charge in [0.05, 0.1) is 12.8 Å². The number of nitrogens with zero attached hydrogens (tertiary/aromatic N) is 4. The van der Waals surface area contributed by atoms with Gasteiger partial charge in [-0.1, -0.05) is 11.6 Å². The summed E-state index contributed by atoms with van der Waals surface area (Å²) in [5.41, 5.74) is 7.71. The van der Waals surface area contributed by atoms with E-state index in [2.05, 4.69) is 25.5 Å². The van der Waals surface area contributed by atoms with Crippen LogP contribution in [0.5, 0.6) is 5.75 Å². The number of benzene rings is 1.